The minimum atomic E-state index is -0.691. The fraction of sp³-hybridized carbons (Fsp3) is 0.167. The molecule has 2 unspecified atom stereocenters. The number of ether oxygens (including phenoxy) is 2. The van der Waals surface area contributed by atoms with Gasteiger partial charge in [0, 0.05) is 24.2 Å². The highest BCUT2D eigenvalue weighted by atomic mass is 19.1. The zero-order valence-corrected chi connectivity index (χ0v) is 16.4. The molecule has 0 bridgehead atoms. The molecule has 31 heavy (non-hydrogen) atoms. The Balaban J connectivity index is 1.24. The monoisotopic (exact) mass is 418 g/mol. The van der Waals surface area contributed by atoms with E-state index in [0.29, 0.717) is 24.3 Å². The van der Waals surface area contributed by atoms with E-state index >= 15 is 0 Å². The lowest BCUT2D eigenvalue weighted by Crippen LogP contribution is -2.32. The maximum Gasteiger partial charge on any atom is 0.265 e. The molecule has 0 radical (unpaired) electrons. The van der Waals surface area contributed by atoms with Gasteiger partial charge in [0.2, 0.25) is 0 Å². The molecule has 0 fully saturated rings. The molecule has 2 heterocycles. The van der Waals surface area contributed by atoms with Crippen molar-refractivity contribution in [2.45, 2.75) is 25.0 Å². The van der Waals surface area contributed by atoms with Crippen LogP contribution in [0, 0.1) is 5.82 Å². The zero-order valence-electron chi connectivity index (χ0n) is 16.4. The van der Waals surface area contributed by atoms with Gasteiger partial charge in [-0.25, -0.2) is 4.39 Å². The summed E-state index contributed by atoms with van der Waals surface area (Å²) in [5, 5.41) is 5.34. The van der Waals surface area contributed by atoms with Crippen LogP contribution in [0.25, 0.3) is 0 Å². The Bertz CT molecular complexity index is 1040. The predicted molar refractivity (Wildman–Crippen MR) is 113 cm³/mol. The molecule has 0 saturated heterocycles. The van der Waals surface area contributed by atoms with Gasteiger partial charge in [-0.05, 0) is 41.5 Å². The van der Waals surface area contributed by atoms with Gasteiger partial charge in [-0.15, -0.1) is 0 Å². The SMILES string of the molecule is O=C(Nc1cc(F)cc(NC(=O)C2Cc3ccccc3O2)c1)C1Cc2ccccc2O1. The van der Waals surface area contributed by atoms with E-state index in [4.69, 9.17) is 9.47 Å². The molecule has 2 atom stereocenters. The number of hydrogen-bond donors (Lipinski definition) is 2. The average molecular weight is 418 g/mol. The van der Waals surface area contributed by atoms with E-state index in [0.717, 1.165) is 11.1 Å². The van der Waals surface area contributed by atoms with Crippen LogP contribution in [0.4, 0.5) is 15.8 Å². The molecule has 2 amide bonds. The van der Waals surface area contributed by atoms with Gasteiger partial charge in [-0.2, -0.15) is 0 Å². The molecule has 0 aromatic heterocycles. The third-order valence-corrected chi connectivity index (χ3v) is 5.31. The largest absolute Gasteiger partial charge is 0.480 e. The number of amides is 2. The standard InChI is InChI=1S/C24H19FN2O4/c25-16-11-17(26-23(28)21-9-14-5-1-3-7-19(14)30-21)13-18(12-16)27-24(29)22-10-15-6-2-4-8-20(15)31-22/h1-8,11-13,21-22H,9-10H2,(H,26,28)(H,27,29). The lowest BCUT2D eigenvalue weighted by atomic mass is 10.1. The van der Waals surface area contributed by atoms with E-state index in [2.05, 4.69) is 10.6 Å². The smallest absolute Gasteiger partial charge is 0.265 e. The number of nitrogens with one attached hydrogen (secondary N) is 2. The number of fused-ring (bicyclic) bond motifs is 2. The average Bonchev–Trinajstić information content (AvgIpc) is 3.37. The molecule has 2 N–H and O–H groups in total. The molecule has 3 aromatic rings. The third kappa shape index (κ3) is 3.94. The molecule has 156 valence electrons. The fourth-order valence-electron chi connectivity index (χ4n) is 3.84. The van der Waals surface area contributed by atoms with Gasteiger partial charge in [-0.1, -0.05) is 36.4 Å². The second kappa shape index (κ2) is 7.75. The minimum Gasteiger partial charge on any atom is -0.480 e. The highest BCUT2D eigenvalue weighted by molar-refractivity contribution is 5.98. The van der Waals surface area contributed by atoms with Crippen molar-refractivity contribution in [1.29, 1.82) is 0 Å². The Kier molecular flexibility index (Phi) is 4.78. The second-order valence-electron chi connectivity index (χ2n) is 7.54. The number of carbonyl (C=O) groups excluding carboxylic acids is 2. The Labute approximate surface area is 178 Å². The Morgan fingerprint density at radius 2 is 1.19 bits per heavy atom. The molecule has 5 rings (SSSR count). The van der Waals surface area contributed by atoms with Gasteiger partial charge in [0.05, 0.1) is 0 Å². The Hall–Kier alpha value is -3.87. The predicted octanol–water partition coefficient (Wildman–Crippen LogP) is 3.71. The number of benzene rings is 3. The highest BCUT2D eigenvalue weighted by Gasteiger charge is 2.30. The van der Waals surface area contributed by atoms with Crippen molar-refractivity contribution >= 4 is 23.2 Å². The van der Waals surface area contributed by atoms with Gasteiger partial charge in [0.15, 0.2) is 12.2 Å². The lowest BCUT2D eigenvalue weighted by Gasteiger charge is -2.14. The lowest BCUT2D eigenvalue weighted by molar-refractivity contribution is -0.122. The molecule has 6 nitrogen and oxygen atoms in total. The fourth-order valence-corrected chi connectivity index (χ4v) is 3.84. The van der Waals surface area contributed by atoms with Crippen LogP contribution in [-0.2, 0) is 22.4 Å². The van der Waals surface area contributed by atoms with Crippen LogP contribution >= 0.6 is 0 Å². The van der Waals surface area contributed by atoms with E-state index in [1.165, 1.54) is 18.2 Å². The molecular weight excluding hydrogens is 399 g/mol. The summed E-state index contributed by atoms with van der Waals surface area (Å²) in [6.45, 7) is 0. The molecule has 0 aliphatic carbocycles. The van der Waals surface area contributed by atoms with E-state index in [-0.39, 0.29) is 23.2 Å². The summed E-state index contributed by atoms with van der Waals surface area (Å²) >= 11 is 0. The van der Waals surface area contributed by atoms with Crippen molar-refractivity contribution in [3.63, 3.8) is 0 Å². The summed E-state index contributed by atoms with van der Waals surface area (Å²) in [4.78, 5) is 25.2. The van der Waals surface area contributed by atoms with Crippen molar-refractivity contribution in [3.05, 3.63) is 83.7 Å². The summed E-state index contributed by atoms with van der Waals surface area (Å²) in [5.41, 5.74) is 2.37. The quantitative estimate of drug-likeness (QED) is 0.677. The van der Waals surface area contributed by atoms with Crippen molar-refractivity contribution < 1.29 is 23.5 Å². The van der Waals surface area contributed by atoms with Crippen LogP contribution < -0.4 is 20.1 Å². The highest BCUT2D eigenvalue weighted by Crippen LogP contribution is 2.30. The van der Waals surface area contributed by atoms with Crippen molar-refractivity contribution in [2.75, 3.05) is 10.6 Å². The van der Waals surface area contributed by atoms with E-state index in [1.54, 1.807) is 0 Å². The molecule has 7 heteroatoms. The summed E-state index contributed by atoms with van der Waals surface area (Å²) in [7, 11) is 0. The molecular formula is C24H19FN2O4. The van der Waals surface area contributed by atoms with Gasteiger partial charge in [0.1, 0.15) is 17.3 Å². The summed E-state index contributed by atoms with van der Waals surface area (Å²) in [6.07, 6.45) is -0.491. The van der Waals surface area contributed by atoms with Gasteiger partial charge in [0.25, 0.3) is 11.8 Å². The van der Waals surface area contributed by atoms with E-state index in [1.807, 2.05) is 48.5 Å². The third-order valence-electron chi connectivity index (χ3n) is 5.31. The van der Waals surface area contributed by atoms with Crippen LogP contribution in [0.1, 0.15) is 11.1 Å². The maximum atomic E-state index is 14.1. The van der Waals surface area contributed by atoms with Gasteiger partial charge >= 0.3 is 0 Å². The van der Waals surface area contributed by atoms with E-state index < -0.39 is 18.0 Å². The summed E-state index contributed by atoms with van der Waals surface area (Å²) < 4.78 is 25.5. The second-order valence-corrected chi connectivity index (χ2v) is 7.54. The normalized spacial score (nSPS) is 18.4. The van der Waals surface area contributed by atoms with Gasteiger partial charge < -0.3 is 20.1 Å². The number of halogens is 1. The first-order valence-electron chi connectivity index (χ1n) is 9.96. The summed E-state index contributed by atoms with van der Waals surface area (Å²) in [6, 6.07) is 18.8. The molecule has 0 saturated carbocycles. The van der Waals surface area contributed by atoms with Crippen LogP contribution in [0.3, 0.4) is 0 Å². The molecule has 2 aliphatic rings. The van der Waals surface area contributed by atoms with Gasteiger partial charge in [-0.3, -0.25) is 9.59 Å². The molecule has 3 aromatic carbocycles. The minimum absolute atomic E-state index is 0.232. The molecule has 2 aliphatic heterocycles. The van der Waals surface area contributed by atoms with Crippen molar-refractivity contribution in [3.8, 4) is 11.5 Å². The maximum absolute atomic E-state index is 14.1. The number of para-hydroxylation sites is 2. The van der Waals surface area contributed by atoms with Crippen molar-refractivity contribution in [2.24, 2.45) is 0 Å². The Morgan fingerprint density at radius 1 is 0.742 bits per heavy atom. The zero-order chi connectivity index (χ0) is 21.4. The van der Waals surface area contributed by atoms with E-state index in [9.17, 15) is 14.0 Å². The first-order chi connectivity index (χ1) is 15.0. The first-order valence-corrected chi connectivity index (χ1v) is 9.96. The number of anilines is 2. The number of carbonyl (C=O) groups is 2. The first kappa shape index (κ1) is 19.1. The topological polar surface area (TPSA) is 76.7 Å². The van der Waals surface area contributed by atoms with Crippen LogP contribution in [0.2, 0.25) is 0 Å². The van der Waals surface area contributed by atoms with Crippen LogP contribution in [0.5, 0.6) is 11.5 Å². The number of rotatable bonds is 4. The number of hydrogen-bond acceptors (Lipinski definition) is 4. The summed E-state index contributed by atoms with van der Waals surface area (Å²) in [5.74, 6) is 0.00136. The van der Waals surface area contributed by atoms with Crippen LogP contribution in [0.15, 0.2) is 66.7 Å². The Morgan fingerprint density at radius 3 is 1.65 bits per heavy atom. The van der Waals surface area contributed by atoms with Crippen molar-refractivity contribution in [1.82, 2.24) is 0 Å². The van der Waals surface area contributed by atoms with Crippen LogP contribution in [-0.4, -0.2) is 24.0 Å². The molecule has 0 spiro atoms.